The second-order valence-corrected chi connectivity index (χ2v) is 6.60. The molecule has 2 unspecified atom stereocenters. The van der Waals surface area contributed by atoms with Crippen LogP contribution in [0.5, 0.6) is 0 Å². The van der Waals surface area contributed by atoms with Gasteiger partial charge in [0.05, 0.1) is 11.1 Å². The highest BCUT2D eigenvalue weighted by Gasteiger charge is 2.48. The highest BCUT2D eigenvalue weighted by atomic mass is 16.2. The molecule has 116 valence electrons. The largest absolute Gasteiger partial charge is 0.340 e. The van der Waals surface area contributed by atoms with Crippen LogP contribution in [0.4, 0.5) is 0 Å². The van der Waals surface area contributed by atoms with Gasteiger partial charge in [0.25, 0.3) is 5.91 Å². The SMILES string of the molecule is CCc1nc2nccc(C(=O)N3CC4CCCC4(N)C3)c2[nH]1. The lowest BCUT2D eigenvalue weighted by atomic mass is 9.92. The van der Waals surface area contributed by atoms with Gasteiger partial charge in [-0.05, 0) is 24.8 Å². The minimum atomic E-state index is -0.176. The van der Waals surface area contributed by atoms with Gasteiger partial charge in [-0.3, -0.25) is 4.79 Å². The molecule has 3 heterocycles. The van der Waals surface area contributed by atoms with Crippen molar-refractivity contribution in [2.24, 2.45) is 11.7 Å². The van der Waals surface area contributed by atoms with Crippen LogP contribution in [0.2, 0.25) is 0 Å². The number of carbonyl (C=O) groups excluding carboxylic acids is 1. The van der Waals surface area contributed by atoms with E-state index in [4.69, 9.17) is 5.73 Å². The topological polar surface area (TPSA) is 87.9 Å². The van der Waals surface area contributed by atoms with E-state index in [1.807, 2.05) is 11.8 Å². The molecule has 0 spiro atoms. The van der Waals surface area contributed by atoms with E-state index >= 15 is 0 Å². The molecule has 0 bridgehead atoms. The van der Waals surface area contributed by atoms with Gasteiger partial charge in [-0.25, -0.2) is 9.97 Å². The molecule has 2 aromatic heterocycles. The fourth-order valence-corrected chi connectivity index (χ4v) is 3.97. The molecule has 2 atom stereocenters. The Kier molecular flexibility index (Phi) is 2.97. The number of hydrogen-bond donors (Lipinski definition) is 2. The van der Waals surface area contributed by atoms with Gasteiger partial charge in [0.1, 0.15) is 5.82 Å². The maximum Gasteiger partial charge on any atom is 0.256 e. The number of imidazole rings is 1. The molecule has 6 heteroatoms. The molecule has 1 amide bonds. The molecule has 0 aromatic carbocycles. The average Bonchev–Trinajstić information content (AvgIpc) is 3.16. The number of aromatic nitrogens is 3. The molecule has 1 saturated carbocycles. The zero-order valence-electron chi connectivity index (χ0n) is 12.8. The Balaban J connectivity index is 1.67. The number of rotatable bonds is 2. The number of amides is 1. The summed E-state index contributed by atoms with van der Waals surface area (Å²) < 4.78 is 0. The zero-order chi connectivity index (χ0) is 15.3. The first-order chi connectivity index (χ1) is 10.6. The maximum atomic E-state index is 12.9. The van der Waals surface area contributed by atoms with E-state index in [1.54, 1.807) is 12.3 Å². The summed E-state index contributed by atoms with van der Waals surface area (Å²) in [6.07, 6.45) is 5.79. The molecule has 1 aliphatic heterocycles. The van der Waals surface area contributed by atoms with Crippen molar-refractivity contribution in [3.63, 3.8) is 0 Å². The number of nitrogens with two attached hydrogens (primary N) is 1. The smallest absolute Gasteiger partial charge is 0.256 e. The van der Waals surface area contributed by atoms with Crippen molar-refractivity contribution < 1.29 is 4.79 Å². The van der Waals surface area contributed by atoms with Gasteiger partial charge in [0.15, 0.2) is 5.65 Å². The number of aromatic amines is 1. The zero-order valence-corrected chi connectivity index (χ0v) is 12.8. The highest BCUT2D eigenvalue weighted by Crippen LogP contribution is 2.40. The van der Waals surface area contributed by atoms with E-state index in [-0.39, 0.29) is 11.4 Å². The first-order valence-electron chi connectivity index (χ1n) is 8.02. The monoisotopic (exact) mass is 299 g/mol. The molecule has 22 heavy (non-hydrogen) atoms. The quantitative estimate of drug-likeness (QED) is 0.879. The van der Waals surface area contributed by atoms with Gasteiger partial charge >= 0.3 is 0 Å². The number of pyridine rings is 1. The molecule has 2 aromatic rings. The molecule has 1 aliphatic carbocycles. The van der Waals surface area contributed by atoms with Gasteiger partial charge in [-0.1, -0.05) is 13.3 Å². The first-order valence-corrected chi connectivity index (χ1v) is 8.02. The summed E-state index contributed by atoms with van der Waals surface area (Å²) in [7, 11) is 0. The van der Waals surface area contributed by atoms with Crippen LogP contribution in [0.25, 0.3) is 11.2 Å². The Hall–Kier alpha value is -1.95. The van der Waals surface area contributed by atoms with Gasteiger partial charge < -0.3 is 15.6 Å². The fourth-order valence-electron chi connectivity index (χ4n) is 3.97. The number of carbonyl (C=O) groups is 1. The Morgan fingerprint density at radius 3 is 3.23 bits per heavy atom. The summed E-state index contributed by atoms with van der Waals surface area (Å²) in [5, 5.41) is 0. The van der Waals surface area contributed by atoms with Crippen LogP contribution in [-0.4, -0.2) is 44.4 Å². The van der Waals surface area contributed by atoms with Crippen LogP contribution in [-0.2, 0) is 6.42 Å². The summed E-state index contributed by atoms with van der Waals surface area (Å²) in [5.74, 6) is 1.34. The summed E-state index contributed by atoms with van der Waals surface area (Å²) in [5.41, 5.74) is 8.32. The normalized spacial score (nSPS) is 27.5. The summed E-state index contributed by atoms with van der Waals surface area (Å²) in [6.45, 7) is 3.46. The lowest BCUT2D eigenvalue weighted by molar-refractivity contribution is 0.0780. The molecular weight excluding hydrogens is 278 g/mol. The summed E-state index contributed by atoms with van der Waals surface area (Å²) >= 11 is 0. The van der Waals surface area contributed by atoms with Gasteiger partial charge in [0.2, 0.25) is 0 Å². The number of nitrogens with one attached hydrogen (secondary N) is 1. The summed E-state index contributed by atoms with van der Waals surface area (Å²) in [6, 6.07) is 1.78. The fraction of sp³-hybridized carbons (Fsp3) is 0.562. The number of H-pyrrole nitrogens is 1. The van der Waals surface area contributed by atoms with Crippen molar-refractivity contribution in [2.45, 2.75) is 38.1 Å². The van der Waals surface area contributed by atoms with Gasteiger partial charge in [0, 0.05) is 31.2 Å². The van der Waals surface area contributed by atoms with Crippen LogP contribution < -0.4 is 5.73 Å². The Bertz CT molecular complexity index is 739. The first kappa shape index (κ1) is 13.7. The molecule has 4 rings (SSSR count). The van der Waals surface area contributed by atoms with E-state index in [0.717, 1.165) is 37.1 Å². The molecule has 0 radical (unpaired) electrons. The predicted molar refractivity (Wildman–Crippen MR) is 83.4 cm³/mol. The van der Waals surface area contributed by atoms with E-state index < -0.39 is 0 Å². The number of hydrogen-bond acceptors (Lipinski definition) is 4. The van der Waals surface area contributed by atoms with Crippen molar-refractivity contribution in [3.05, 3.63) is 23.7 Å². The average molecular weight is 299 g/mol. The molecule has 2 fully saturated rings. The van der Waals surface area contributed by atoms with E-state index in [9.17, 15) is 4.79 Å². The lowest BCUT2D eigenvalue weighted by Crippen LogP contribution is -2.44. The van der Waals surface area contributed by atoms with Crippen LogP contribution in [0.3, 0.4) is 0 Å². The van der Waals surface area contributed by atoms with Crippen LogP contribution >= 0.6 is 0 Å². The van der Waals surface area contributed by atoms with E-state index in [1.165, 1.54) is 6.42 Å². The maximum absolute atomic E-state index is 12.9. The minimum Gasteiger partial charge on any atom is -0.340 e. The van der Waals surface area contributed by atoms with E-state index in [2.05, 4.69) is 15.0 Å². The second kappa shape index (κ2) is 4.78. The molecular formula is C16H21N5O. The number of fused-ring (bicyclic) bond motifs is 2. The number of likely N-dealkylation sites (tertiary alicyclic amines) is 1. The van der Waals surface area contributed by atoms with Crippen molar-refractivity contribution in [1.29, 1.82) is 0 Å². The summed E-state index contributed by atoms with van der Waals surface area (Å²) in [4.78, 5) is 26.7. The highest BCUT2D eigenvalue weighted by molar-refractivity contribution is 6.04. The van der Waals surface area contributed by atoms with Crippen molar-refractivity contribution >= 4 is 17.1 Å². The third-order valence-corrected chi connectivity index (χ3v) is 5.23. The Labute approximate surface area is 129 Å². The molecule has 1 saturated heterocycles. The van der Waals surface area contributed by atoms with Gasteiger partial charge in [-0.15, -0.1) is 0 Å². The van der Waals surface area contributed by atoms with Crippen LogP contribution in [0, 0.1) is 5.92 Å². The standard InChI is InChI=1S/C16H21N5O/c1-2-12-19-13-11(5-7-18-14(13)20-12)15(22)21-8-10-4-3-6-16(10,17)9-21/h5,7,10H,2-4,6,8-9,17H2,1H3,(H,18,19,20). The van der Waals surface area contributed by atoms with Crippen LogP contribution in [0.15, 0.2) is 12.3 Å². The lowest BCUT2D eigenvalue weighted by Gasteiger charge is -2.23. The van der Waals surface area contributed by atoms with E-state index in [0.29, 0.717) is 23.7 Å². The Morgan fingerprint density at radius 1 is 1.59 bits per heavy atom. The predicted octanol–water partition coefficient (Wildman–Crippen LogP) is 1.47. The molecule has 2 aliphatic rings. The third-order valence-electron chi connectivity index (χ3n) is 5.23. The van der Waals surface area contributed by atoms with Crippen LogP contribution in [0.1, 0.15) is 42.4 Å². The van der Waals surface area contributed by atoms with Gasteiger partial charge in [-0.2, -0.15) is 0 Å². The number of aryl methyl sites for hydroxylation is 1. The molecule has 3 N–H and O–H groups in total. The van der Waals surface area contributed by atoms with Crippen molar-refractivity contribution in [2.75, 3.05) is 13.1 Å². The molecule has 6 nitrogen and oxygen atoms in total. The minimum absolute atomic E-state index is 0.0397. The Morgan fingerprint density at radius 2 is 2.45 bits per heavy atom. The van der Waals surface area contributed by atoms with Crippen molar-refractivity contribution in [1.82, 2.24) is 19.9 Å². The number of nitrogens with zero attached hydrogens (tertiary/aromatic N) is 3. The van der Waals surface area contributed by atoms with Crippen molar-refractivity contribution in [3.8, 4) is 0 Å². The third kappa shape index (κ3) is 1.94. The second-order valence-electron chi connectivity index (χ2n) is 6.60.